The summed E-state index contributed by atoms with van der Waals surface area (Å²) in [5.74, 6) is -2.79. The molecule has 5 nitrogen and oxygen atoms in total. The Labute approximate surface area is 161 Å². The fourth-order valence-corrected chi connectivity index (χ4v) is 6.38. The van der Waals surface area contributed by atoms with Crippen molar-refractivity contribution in [3.8, 4) is 0 Å². The van der Waals surface area contributed by atoms with E-state index in [0.29, 0.717) is 6.42 Å². The van der Waals surface area contributed by atoms with E-state index in [9.17, 15) is 19.5 Å². The van der Waals surface area contributed by atoms with E-state index < -0.39 is 23.9 Å². The highest BCUT2D eigenvalue weighted by molar-refractivity contribution is 6.13. The molecule has 2 fully saturated rings. The van der Waals surface area contributed by atoms with Crippen LogP contribution in [0.3, 0.4) is 0 Å². The largest absolute Gasteiger partial charge is 0.504 e. The molecule has 3 aliphatic rings. The summed E-state index contributed by atoms with van der Waals surface area (Å²) in [5, 5.41) is 10.6. The lowest BCUT2D eigenvalue weighted by molar-refractivity contribution is -0.184. The summed E-state index contributed by atoms with van der Waals surface area (Å²) in [5.41, 5.74) is -0.209. The monoisotopic (exact) mass is 376 g/mol. The molecule has 0 aromatic heterocycles. The number of fused-ring (bicyclic) bond motifs is 3. The first-order valence-electron chi connectivity index (χ1n) is 10.1. The Bertz CT molecular complexity index is 716. The normalized spacial score (nSPS) is 38.5. The van der Waals surface area contributed by atoms with Gasteiger partial charge >= 0.3 is 5.97 Å². The Balaban J connectivity index is 2.18. The lowest BCUT2D eigenvalue weighted by Gasteiger charge is -2.60. The Kier molecular flexibility index (Phi) is 4.80. The highest BCUT2D eigenvalue weighted by Crippen LogP contribution is 2.63. The van der Waals surface area contributed by atoms with Gasteiger partial charge in [0.2, 0.25) is 5.78 Å². The minimum atomic E-state index is -0.690. The number of carbonyl (C=O) groups excluding carboxylic acids is 3. The Morgan fingerprint density at radius 3 is 2.33 bits per heavy atom. The lowest BCUT2D eigenvalue weighted by Crippen LogP contribution is -2.62. The maximum absolute atomic E-state index is 13.4. The van der Waals surface area contributed by atoms with Crippen molar-refractivity contribution in [1.82, 2.24) is 0 Å². The zero-order chi connectivity index (χ0) is 20.3. The van der Waals surface area contributed by atoms with Gasteiger partial charge in [-0.05, 0) is 41.9 Å². The summed E-state index contributed by atoms with van der Waals surface area (Å²) in [6.45, 7) is 11.4. The number of carbonyl (C=O) groups is 3. The molecule has 27 heavy (non-hydrogen) atoms. The molecule has 0 aliphatic heterocycles. The van der Waals surface area contributed by atoms with Crippen molar-refractivity contribution < 1.29 is 24.2 Å². The molecule has 0 radical (unpaired) electrons. The first kappa shape index (κ1) is 20.1. The van der Waals surface area contributed by atoms with Crippen molar-refractivity contribution in [3.63, 3.8) is 0 Å². The summed E-state index contributed by atoms with van der Waals surface area (Å²) in [6.07, 6.45) is 2.86. The highest BCUT2D eigenvalue weighted by Gasteiger charge is 2.64. The van der Waals surface area contributed by atoms with Crippen molar-refractivity contribution in [2.45, 2.75) is 73.3 Å². The van der Waals surface area contributed by atoms with Crippen LogP contribution < -0.4 is 0 Å². The van der Waals surface area contributed by atoms with Gasteiger partial charge in [-0.15, -0.1) is 0 Å². The number of hydrogen-bond donors (Lipinski definition) is 1. The second kappa shape index (κ2) is 6.46. The van der Waals surface area contributed by atoms with Gasteiger partial charge in [-0.3, -0.25) is 14.4 Å². The van der Waals surface area contributed by atoms with Gasteiger partial charge in [-0.1, -0.05) is 41.0 Å². The van der Waals surface area contributed by atoms with Crippen molar-refractivity contribution in [3.05, 3.63) is 11.3 Å². The van der Waals surface area contributed by atoms with Gasteiger partial charge in [-0.2, -0.15) is 0 Å². The molecule has 0 spiro atoms. The third kappa shape index (κ3) is 2.94. The molecule has 0 aromatic carbocycles. The SMILES string of the molecule is CC(=O)O[C@@H]1C[C@H]2C(C)(C)CCC[C@]2(C)[C@@H]2C(=O)C(O)=C(C(C)C)C(=O)[C@H]21. The van der Waals surface area contributed by atoms with Gasteiger partial charge in [0, 0.05) is 18.4 Å². The van der Waals surface area contributed by atoms with Crippen LogP contribution in [0, 0.1) is 34.5 Å². The highest BCUT2D eigenvalue weighted by atomic mass is 16.5. The van der Waals surface area contributed by atoms with E-state index in [0.717, 1.165) is 19.3 Å². The molecule has 0 saturated heterocycles. The number of hydrogen-bond acceptors (Lipinski definition) is 5. The van der Waals surface area contributed by atoms with E-state index >= 15 is 0 Å². The van der Waals surface area contributed by atoms with Crippen molar-refractivity contribution >= 4 is 17.5 Å². The van der Waals surface area contributed by atoms with Crippen LogP contribution in [0.25, 0.3) is 0 Å². The lowest BCUT2D eigenvalue weighted by atomic mass is 9.43. The predicted octanol–water partition coefficient (Wildman–Crippen LogP) is 4.01. The first-order chi connectivity index (χ1) is 12.4. The third-order valence-electron chi connectivity index (χ3n) is 7.45. The summed E-state index contributed by atoms with van der Waals surface area (Å²) in [4.78, 5) is 38.5. The number of rotatable bonds is 2. The molecule has 3 aliphatic carbocycles. The van der Waals surface area contributed by atoms with Crippen LogP contribution >= 0.6 is 0 Å². The molecule has 0 heterocycles. The summed E-state index contributed by atoms with van der Waals surface area (Å²) >= 11 is 0. The molecule has 150 valence electrons. The summed E-state index contributed by atoms with van der Waals surface area (Å²) in [6, 6.07) is 0. The molecule has 0 amide bonds. The van der Waals surface area contributed by atoms with Crippen molar-refractivity contribution in [2.75, 3.05) is 0 Å². The topological polar surface area (TPSA) is 80.7 Å². The molecule has 3 rings (SSSR count). The van der Waals surface area contributed by atoms with E-state index in [2.05, 4.69) is 20.8 Å². The molecule has 2 saturated carbocycles. The second-order valence-corrected chi connectivity index (χ2v) is 9.93. The van der Waals surface area contributed by atoms with Crippen LogP contribution in [0.1, 0.15) is 67.2 Å². The smallest absolute Gasteiger partial charge is 0.302 e. The zero-order valence-corrected chi connectivity index (χ0v) is 17.3. The molecule has 5 heteroatoms. The van der Waals surface area contributed by atoms with E-state index in [1.54, 1.807) is 13.8 Å². The third-order valence-corrected chi connectivity index (χ3v) is 7.45. The van der Waals surface area contributed by atoms with E-state index in [1.165, 1.54) is 6.92 Å². The predicted molar refractivity (Wildman–Crippen MR) is 101 cm³/mol. The minimum Gasteiger partial charge on any atom is -0.504 e. The molecule has 5 atom stereocenters. The van der Waals surface area contributed by atoms with Crippen LogP contribution in [0.15, 0.2) is 11.3 Å². The van der Waals surface area contributed by atoms with Gasteiger partial charge in [0.15, 0.2) is 11.5 Å². The van der Waals surface area contributed by atoms with Crippen LogP contribution in [0.5, 0.6) is 0 Å². The van der Waals surface area contributed by atoms with E-state index in [1.807, 2.05) is 0 Å². The number of esters is 1. The van der Waals surface area contributed by atoms with Crippen LogP contribution in [0.4, 0.5) is 0 Å². The van der Waals surface area contributed by atoms with Gasteiger partial charge < -0.3 is 9.84 Å². The van der Waals surface area contributed by atoms with Crippen LogP contribution in [0.2, 0.25) is 0 Å². The standard InChI is InChI=1S/C22H32O5/c1-11(2)15-18(24)16-13(27-12(3)23)10-14-21(4,5)8-7-9-22(14,6)17(16)20(26)19(15)25/h11,13-14,16-17,25H,7-10H2,1-6H3/t13-,14+,16+,17+,22+/m1/s1. The van der Waals surface area contributed by atoms with Gasteiger partial charge in [0.25, 0.3) is 0 Å². The van der Waals surface area contributed by atoms with Crippen LogP contribution in [-0.4, -0.2) is 28.7 Å². The molecule has 0 aromatic rings. The number of ether oxygens (including phenoxy) is 1. The van der Waals surface area contributed by atoms with Crippen molar-refractivity contribution in [1.29, 1.82) is 0 Å². The zero-order valence-electron chi connectivity index (χ0n) is 17.3. The number of aliphatic hydroxyl groups excluding tert-OH is 1. The van der Waals surface area contributed by atoms with Crippen molar-refractivity contribution in [2.24, 2.45) is 34.5 Å². The molecule has 0 bridgehead atoms. The average Bonchev–Trinajstić information content (AvgIpc) is 2.52. The Morgan fingerprint density at radius 1 is 1.15 bits per heavy atom. The molecule has 1 N–H and O–H groups in total. The molecular weight excluding hydrogens is 344 g/mol. The quantitative estimate of drug-likeness (QED) is 0.737. The maximum Gasteiger partial charge on any atom is 0.302 e. The fraction of sp³-hybridized carbons (Fsp3) is 0.773. The second-order valence-electron chi connectivity index (χ2n) is 9.93. The summed E-state index contributed by atoms with van der Waals surface area (Å²) in [7, 11) is 0. The van der Waals surface area contributed by atoms with Gasteiger partial charge in [0.05, 0.1) is 5.92 Å². The van der Waals surface area contributed by atoms with Crippen LogP contribution in [-0.2, 0) is 19.1 Å². The Morgan fingerprint density at radius 2 is 1.78 bits per heavy atom. The maximum atomic E-state index is 13.4. The number of aliphatic hydroxyl groups is 1. The fourth-order valence-electron chi connectivity index (χ4n) is 6.38. The number of allylic oxidation sites excluding steroid dienone is 2. The van der Waals surface area contributed by atoms with Gasteiger partial charge in [-0.25, -0.2) is 0 Å². The molecule has 0 unspecified atom stereocenters. The van der Waals surface area contributed by atoms with E-state index in [4.69, 9.17) is 4.74 Å². The van der Waals surface area contributed by atoms with E-state index in [-0.39, 0.29) is 45.6 Å². The first-order valence-corrected chi connectivity index (χ1v) is 10.1. The average molecular weight is 376 g/mol. The minimum absolute atomic E-state index is 0.0165. The Hall–Kier alpha value is -1.65. The number of Topliss-reactive ketones (excluding diaryl/α,β-unsaturated/α-hetero) is 2. The number of ketones is 2. The molecular formula is C22H32O5. The van der Waals surface area contributed by atoms with Gasteiger partial charge in [0.1, 0.15) is 6.10 Å². The summed E-state index contributed by atoms with van der Waals surface area (Å²) < 4.78 is 5.61.